The van der Waals surface area contributed by atoms with Gasteiger partial charge in [-0.1, -0.05) is 12.8 Å². The standard InChI is InChI=1S/C15H23N3/c1-11-10-17-15(9-13(11)16)18-8-4-6-12-5-2-3-7-14(12)18/h9-10,12,14H,2-8H2,1H3,(H2,16,17)/t12-,14-/m1/s1. The molecule has 3 rings (SSSR count). The van der Waals surface area contributed by atoms with Crippen molar-refractivity contribution in [2.45, 2.75) is 51.5 Å². The molecular weight excluding hydrogens is 222 g/mol. The molecule has 1 aliphatic heterocycles. The van der Waals surface area contributed by atoms with Crippen molar-refractivity contribution in [3.8, 4) is 0 Å². The van der Waals surface area contributed by atoms with E-state index in [0.29, 0.717) is 6.04 Å². The molecule has 0 radical (unpaired) electrons. The molecule has 0 aromatic carbocycles. The lowest BCUT2D eigenvalue weighted by Crippen LogP contribution is -2.47. The molecule has 3 nitrogen and oxygen atoms in total. The van der Waals surface area contributed by atoms with Crippen LogP contribution in [0.1, 0.15) is 44.1 Å². The Hall–Kier alpha value is -1.25. The van der Waals surface area contributed by atoms with Gasteiger partial charge in [0.15, 0.2) is 0 Å². The minimum atomic E-state index is 0.710. The van der Waals surface area contributed by atoms with Gasteiger partial charge in [0.25, 0.3) is 0 Å². The molecule has 1 saturated carbocycles. The zero-order valence-corrected chi connectivity index (χ0v) is 11.2. The number of fused-ring (bicyclic) bond motifs is 1. The molecule has 0 bridgehead atoms. The van der Waals surface area contributed by atoms with E-state index in [-0.39, 0.29) is 0 Å². The Balaban J connectivity index is 1.87. The lowest BCUT2D eigenvalue weighted by atomic mass is 9.78. The van der Waals surface area contributed by atoms with Crippen molar-refractivity contribution in [1.82, 2.24) is 4.98 Å². The van der Waals surface area contributed by atoms with Gasteiger partial charge in [0.1, 0.15) is 5.82 Å². The molecule has 18 heavy (non-hydrogen) atoms. The van der Waals surface area contributed by atoms with Crippen LogP contribution in [0.15, 0.2) is 12.3 Å². The third-order valence-electron chi connectivity index (χ3n) is 4.67. The number of hydrogen-bond acceptors (Lipinski definition) is 3. The molecule has 1 aromatic heterocycles. The highest BCUT2D eigenvalue weighted by Gasteiger charge is 2.33. The van der Waals surface area contributed by atoms with E-state index < -0.39 is 0 Å². The number of nitrogens with zero attached hydrogens (tertiary/aromatic N) is 2. The van der Waals surface area contributed by atoms with Gasteiger partial charge in [0.05, 0.1) is 0 Å². The Labute approximate surface area is 109 Å². The van der Waals surface area contributed by atoms with Crippen LogP contribution < -0.4 is 10.6 Å². The average Bonchev–Trinajstić information content (AvgIpc) is 2.41. The highest BCUT2D eigenvalue weighted by molar-refractivity contribution is 5.55. The molecule has 1 aliphatic carbocycles. The molecule has 1 saturated heterocycles. The van der Waals surface area contributed by atoms with Crippen LogP contribution in [0.4, 0.5) is 11.5 Å². The normalized spacial score (nSPS) is 27.9. The minimum Gasteiger partial charge on any atom is -0.398 e. The van der Waals surface area contributed by atoms with E-state index in [0.717, 1.165) is 29.5 Å². The van der Waals surface area contributed by atoms with Gasteiger partial charge >= 0.3 is 0 Å². The Morgan fingerprint density at radius 2 is 2.00 bits per heavy atom. The first-order valence-corrected chi connectivity index (χ1v) is 7.24. The highest BCUT2D eigenvalue weighted by Crippen LogP contribution is 2.37. The average molecular weight is 245 g/mol. The fourth-order valence-corrected chi connectivity index (χ4v) is 3.59. The second-order valence-electron chi connectivity index (χ2n) is 5.85. The molecule has 2 fully saturated rings. The summed E-state index contributed by atoms with van der Waals surface area (Å²) >= 11 is 0. The number of rotatable bonds is 1. The summed E-state index contributed by atoms with van der Waals surface area (Å²) in [6.45, 7) is 3.17. The molecule has 0 amide bonds. The summed E-state index contributed by atoms with van der Waals surface area (Å²) in [5.41, 5.74) is 7.98. The summed E-state index contributed by atoms with van der Waals surface area (Å²) in [6, 6.07) is 2.77. The van der Waals surface area contributed by atoms with Gasteiger partial charge in [-0.05, 0) is 44.1 Å². The van der Waals surface area contributed by atoms with Crippen molar-refractivity contribution in [2.24, 2.45) is 5.92 Å². The predicted molar refractivity (Wildman–Crippen MR) is 75.7 cm³/mol. The van der Waals surface area contributed by atoms with Gasteiger partial charge in [0, 0.05) is 30.5 Å². The zero-order chi connectivity index (χ0) is 12.5. The number of aryl methyl sites for hydroxylation is 1. The van der Waals surface area contributed by atoms with Crippen molar-refractivity contribution < 1.29 is 0 Å². The summed E-state index contributed by atoms with van der Waals surface area (Å²) in [5.74, 6) is 1.98. The van der Waals surface area contributed by atoms with Crippen molar-refractivity contribution in [2.75, 3.05) is 17.2 Å². The number of pyridine rings is 1. The van der Waals surface area contributed by atoms with Crippen molar-refractivity contribution in [3.05, 3.63) is 17.8 Å². The van der Waals surface area contributed by atoms with Crippen molar-refractivity contribution >= 4 is 11.5 Å². The number of nitrogen functional groups attached to an aromatic ring is 1. The van der Waals surface area contributed by atoms with Crippen LogP contribution in [0.3, 0.4) is 0 Å². The van der Waals surface area contributed by atoms with Gasteiger partial charge in [-0.2, -0.15) is 0 Å². The SMILES string of the molecule is Cc1cnc(N2CCC[C@H]3CCCC[C@H]32)cc1N. The first kappa shape index (κ1) is 11.8. The largest absolute Gasteiger partial charge is 0.398 e. The quantitative estimate of drug-likeness (QED) is 0.826. The monoisotopic (exact) mass is 245 g/mol. The van der Waals surface area contributed by atoms with Gasteiger partial charge < -0.3 is 10.6 Å². The maximum absolute atomic E-state index is 6.03. The second kappa shape index (κ2) is 4.79. The van der Waals surface area contributed by atoms with Crippen LogP contribution in [0.2, 0.25) is 0 Å². The molecular formula is C15H23N3. The summed E-state index contributed by atoms with van der Waals surface area (Å²) < 4.78 is 0. The van der Waals surface area contributed by atoms with Crippen LogP contribution in [-0.2, 0) is 0 Å². The third kappa shape index (κ3) is 2.06. The molecule has 3 heteroatoms. The lowest BCUT2D eigenvalue weighted by Gasteiger charge is -2.44. The Morgan fingerprint density at radius 3 is 2.83 bits per heavy atom. The van der Waals surface area contributed by atoms with Gasteiger partial charge in [0.2, 0.25) is 0 Å². The van der Waals surface area contributed by atoms with Crippen LogP contribution >= 0.6 is 0 Å². The Morgan fingerprint density at radius 1 is 1.22 bits per heavy atom. The molecule has 2 N–H and O–H groups in total. The summed E-state index contributed by atoms with van der Waals surface area (Å²) in [7, 11) is 0. The van der Waals surface area contributed by atoms with Crippen molar-refractivity contribution in [1.29, 1.82) is 0 Å². The predicted octanol–water partition coefficient (Wildman–Crippen LogP) is 3.13. The van der Waals surface area contributed by atoms with E-state index in [1.54, 1.807) is 0 Å². The molecule has 2 heterocycles. The number of piperidine rings is 1. The molecule has 1 aromatic rings. The highest BCUT2D eigenvalue weighted by atomic mass is 15.2. The summed E-state index contributed by atoms with van der Waals surface area (Å²) in [5, 5.41) is 0. The summed E-state index contributed by atoms with van der Waals surface area (Å²) in [6.07, 6.45) is 10.1. The van der Waals surface area contributed by atoms with E-state index in [2.05, 4.69) is 16.0 Å². The molecule has 0 unspecified atom stereocenters. The van der Waals surface area contributed by atoms with Crippen LogP contribution in [-0.4, -0.2) is 17.6 Å². The number of anilines is 2. The molecule has 0 spiro atoms. The zero-order valence-electron chi connectivity index (χ0n) is 11.2. The van der Waals surface area contributed by atoms with Gasteiger partial charge in [-0.15, -0.1) is 0 Å². The lowest BCUT2D eigenvalue weighted by molar-refractivity contribution is 0.243. The second-order valence-corrected chi connectivity index (χ2v) is 5.85. The molecule has 2 atom stereocenters. The van der Waals surface area contributed by atoms with Crippen LogP contribution in [0, 0.1) is 12.8 Å². The van der Waals surface area contributed by atoms with E-state index in [9.17, 15) is 0 Å². The van der Waals surface area contributed by atoms with E-state index in [1.807, 2.05) is 13.1 Å². The number of aromatic nitrogens is 1. The number of hydrogen-bond donors (Lipinski definition) is 1. The van der Waals surface area contributed by atoms with Gasteiger partial charge in [-0.25, -0.2) is 4.98 Å². The van der Waals surface area contributed by atoms with Gasteiger partial charge in [-0.3, -0.25) is 0 Å². The maximum atomic E-state index is 6.03. The maximum Gasteiger partial charge on any atom is 0.130 e. The smallest absolute Gasteiger partial charge is 0.130 e. The first-order valence-electron chi connectivity index (χ1n) is 7.24. The van der Waals surface area contributed by atoms with E-state index in [1.165, 1.54) is 38.5 Å². The fourth-order valence-electron chi connectivity index (χ4n) is 3.59. The van der Waals surface area contributed by atoms with Crippen LogP contribution in [0.5, 0.6) is 0 Å². The Bertz CT molecular complexity index is 428. The number of nitrogens with two attached hydrogens (primary N) is 1. The molecule has 2 aliphatic rings. The third-order valence-corrected chi connectivity index (χ3v) is 4.67. The topological polar surface area (TPSA) is 42.2 Å². The molecule has 98 valence electrons. The van der Waals surface area contributed by atoms with Crippen LogP contribution in [0.25, 0.3) is 0 Å². The first-order chi connectivity index (χ1) is 8.75. The summed E-state index contributed by atoms with van der Waals surface area (Å²) in [4.78, 5) is 7.12. The Kier molecular flexibility index (Phi) is 3.14. The van der Waals surface area contributed by atoms with Crippen molar-refractivity contribution in [3.63, 3.8) is 0 Å². The van der Waals surface area contributed by atoms with E-state index >= 15 is 0 Å². The van der Waals surface area contributed by atoms with E-state index in [4.69, 9.17) is 5.73 Å². The minimum absolute atomic E-state index is 0.710. The fraction of sp³-hybridized carbons (Fsp3) is 0.667.